The molecule has 0 aliphatic heterocycles. The van der Waals surface area contributed by atoms with Crippen LogP contribution in [0.3, 0.4) is 0 Å². The maximum atomic E-state index is 12.2. The summed E-state index contributed by atoms with van der Waals surface area (Å²) in [5.41, 5.74) is 12.9. The smallest absolute Gasteiger partial charge is 0.127 e. The Balaban J connectivity index is 0.000000147. The highest BCUT2D eigenvalue weighted by atomic mass is 79.9. The molecule has 1 aliphatic rings. The second-order valence-electron chi connectivity index (χ2n) is 13.5. The summed E-state index contributed by atoms with van der Waals surface area (Å²) >= 11 is 6.75. The maximum Gasteiger partial charge on any atom is 0.127 e. The lowest BCUT2D eigenvalue weighted by Crippen LogP contribution is -1.99. The van der Waals surface area contributed by atoms with Crippen molar-refractivity contribution < 1.29 is 8.78 Å². The predicted octanol–water partition coefficient (Wildman–Crippen LogP) is 14.6. The molecule has 266 valence electrons. The van der Waals surface area contributed by atoms with E-state index in [0.29, 0.717) is 4.47 Å². The van der Waals surface area contributed by atoms with Gasteiger partial charge in [0.05, 0.1) is 22.1 Å². The topological polar surface area (TPSA) is 9.86 Å². The third-order valence-electron chi connectivity index (χ3n) is 10.1. The van der Waals surface area contributed by atoms with Crippen LogP contribution in [0.5, 0.6) is 0 Å². The molecular formula is C49H32Br2F2N2. The molecule has 1 aliphatic carbocycles. The molecule has 0 spiro atoms. The lowest BCUT2D eigenvalue weighted by molar-refractivity contribution is 0.582. The molecule has 0 saturated carbocycles. The number of benzene rings is 8. The van der Waals surface area contributed by atoms with Crippen LogP contribution in [-0.4, -0.2) is 9.13 Å². The van der Waals surface area contributed by atoms with E-state index in [-0.39, 0.29) is 0 Å². The van der Waals surface area contributed by atoms with Gasteiger partial charge in [0.25, 0.3) is 0 Å². The molecule has 0 saturated heterocycles. The zero-order valence-corrected chi connectivity index (χ0v) is 32.6. The van der Waals surface area contributed by atoms with E-state index in [1.165, 1.54) is 78.0 Å². The van der Waals surface area contributed by atoms with Gasteiger partial charge in [0.1, 0.15) is 11.6 Å². The number of nitrogens with zero attached hydrogens (tertiary/aromatic N) is 2. The Labute approximate surface area is 334 Å². The second-order valence-corrected chi connectivity index (χ2v) is 15.3. The minimum Gasteiger partial charge on any atom is -0.309 e. The van der Waals surface area contributed by atoms with Gasteiger partial charge in [-0.3, -0.25) is 0 Å². The lowest BCUT2D eigenvalue weighted by Gasteiger charge is -2.14. The van der Waals surface area contributed by atoms with E-state index in [2.05, 4.69) is 205 Å². The number of aromatic nitrogens is 2. The maximum absolute atomic E-state index is 12.2. The van der Waals surface area contributed by atoms with Gasteiger partial charge in [0, 0.05) is 47.9 Å². The lowest BCUT2D eigenvalue weighted by atomic mass is 10.1. The van der Waals surface area contributed by atoms with Crippen molar-refractivity contribution in [1.29, 1.82) is 0 Å². The number of para-hydroxylation sites is 4. The molecule has 2 aromatic heterocycles. The molecule has 0 N–H and O–H groups in total. The Bertz CT molecular complexity index is 2700. The fourth-order valence-electron chi connectivity index (χ4n) is 7.82. The molecule has 0 fully saturated rings. The Hall–Kier alpha value is -5.82. The van der Waals surface area contributed by atoms with E-state index < -0.39 is 11.6 Å². The predicted molar refractivity (Wildman–Crippen MR) is 232 cm³/mol. The van der Waals surface area contributed by atoms with Crippen LogP contribution in [0.25, 0.3) is 66.1 Å². The minimum atomic E-state index is -0.568. The summed E-state index contributed by atoms with van der Waals surface area (Å²) in [6, 6.07) is 61.8. The largest absolute Gasteiger partial charge is 0.309 e. The first-order valence-electron chi connectivity index (χ1n) is 18.0. The highest BCUT2D eigenvalue weighted by Gasteiger charge is 2.17. The molecule has 10 aromatic rings. The first kappa shape index (κ1) is 34.9. The monoisotopic (exact) mass is 844 g/mol. The number of hydrogen-bond donors (Lipinski definition) is 0. The fraction of sp³-hybridized carbons (Fsp3) is 0.0204. The summed E-state index contributed by atoms with van der Waals surface area (Å²) in [6.07, 6.45) is 1.10. The van der Waals surface area contributed by atoms with E-state index in [9.17, 15) is 8.78 Å². The third-order valence-corrected chi connectivity index (χ3v) is 11.0. The Morgan fingerprint density at radius 3 is 1.07 bits per heavy atom. The van der Waals surface area contributed by atoms with Crippen LogP contribution < -0.4 is 0 Å². The van der Waals surface area contributed by atoms with Crippen molar-refractivity contribution in [3.8, 4) is 22.5 Å². The van der Waals surface area contributed by atoms with Crippen LogP contribution in [0.4, 0.5) is 8.78 Å². The molecule has 0 unspecified atom stereocenters. The van der Waals surface area contributed by atoms with Crippen molar-refractivity contribution in [3.05, 3.63) is 214 Å². The second kappa shape index (κ2) is 14.8. The van der Waals surface area contributed by atoms with Crippen molar-refractivity contribution in [2.75, 3.05) is 0 Å². The highest BCUT2D eigenvalue weighted by Crippen LogP contribution is 2.37. The molecule has 6 heteroatoms. The van der Waals surface area contributed by atoms with Crippen molar-refractivity contribution in [2.24, 2.45) is 0 Å². The van der Waals surface area contributed by atoms with E-state index in [1.807, 2.05) is 0 Å². The van der Waals surface area contributed by atoms with Gasteiger partial charge in [0.15, 0.2) is 0 Å². The van der Waals surface area contributed by atoms with Gasteiger partial charge >= 0.3 is 0 Å². The summed E-state index contributed by atoms with van der Waals surface area (Å²) in [6.45, 7) is 0. The van der Waals surface area contributed by atoms with E-state index in [4.69, 9.17) is 0 Å². The SMILES string of the molecule is Brc1cc(-n2c3ccccc3c3ccccc32)cc(-n2c3ccccc3c3ccccc32)c1.Fc1cc(F)cc(Br)c1.c1ccc2c(c1)Cc1ccccc1-2. The molecule has 0 bridgehead atoms. The molecular weight excluding hydrogens is 814 g/mol. The summed E-state index contributed by atoms with van der Waals surface area (Å²) in [7, 11) is 0. The number of fused-ring (bicyclic) bond motifs is 9. The third kappa shape index (κ3) is 6.66. The first-order chi connectivity index (χ1) is 26.9. The minimum absolute atomic E-state index is 0.417. The van der Waals surface area contributed by atoms with E-state index in [1.54, 1.807) is 0 Å². The van der Waals surface area contributed by atoms with Crippen molar-refractivity contribution in [1.82, 2.24) is 9.13 Å². The summed E-state index contributed by atoms with van der Waals surface area (Å²) in [5, 5.41) is 5.08. The number of hydrogen-bond acceptors (Lipinski definition) is 0. The summed E-state index contributed by atoms with van der Waals surface area (Å²) < 4.78 is 30.5. The van der Waals surface area contributed by atoms with Gasteiger partial charge < -0.3 is 9.13 Å². The van der Waals surface area contributed by atoms with E-state index in [0.717, 1.165) is 28.3 Å². The van der Waals surface area contributed by atoms with Gasteiger partial charge in [-0.2, -0.15) is 0 Å². The Morgan fingerprint density at radius 1 is 0.364 bits per heavy atom. The van der Waals surface area contributed by atoms with Crippen LogP contribution in [0.2, 0.25) is 0 Å². The number of halogens is 4. The zero-order valence-electron chi connectivity index (χ0n) is 29.4. The van der Waals surface area contributed by atoms with Crippen LogP contribution in [-0.2, 0) is 6.42 Å². The standard InChI is InChI=1S/C30H19BrN2.C13H10.C6H3BrF2/c31-20-17-21(32-27-13-5-1-9-23(27)24-10-2-6-14-28(24)32)19-22(18-20)33-29-15-7-3-11-25(29)26-12-4-8-16-30(26)33;1-3-7-12-10(5-1)9-11-6-2-4-8-13(11)12;7-4-1-5(8)3-6(9)2-4/h1-19H;1-8H,9H2;1-3H. The molecule has 0 atom stereocenters. The van der Waals surface area contributed by atoms with Gasteiger partial charge in [0.2, 0.25) is 0 Å². The van der Waals surface area contributed by atoms with Crippen LogP contribution in [0.1, 0.15) is 11.1 Å². The van der Waals surface area contributed by atoms with Crippen molar-refractivity contribution in [3.63, 3.8) is 0 Å². The van der Waals surface area contributed by atoms with Gasteiger partial charge in [-0.05, 0) is 83.3 Å². The molecule has 2 nitrogen and oxygen atoms in total. The van der Waals surface area contributed by atoms with Crippen LogP contribution in [0, 0.1) is 11.6 Å². The first-order valence-corrected chi connectivity index (χ1v) is 19.6. The van der Waals surface area contributed by atoms with Gasteiger partial charge in [-0.15, -0.1) is 0 Å². The molecule has 11 rings (SSSR count). The van der Waals surface area contributed by atoms with Crippen LogP contribution >= 0.6 is 31.9 Å². The van der Waals surface area contributed by atoms with Crippen LogP contribution in [0.15, 0.2) is 191 Å². The zero-order chi connectivity index (χ0) is 37.5. The van der Waals surface area contributed by atoms with Crippen molar-refractivity contribution >= 4 is 75.5 Å². The highest BCUT2D eigenvalue weighted by molar-refractivity contribution is 9.10. The van der Waals surface area contributed by atoms with E-state index >= 15 is 0 Å². The van der Waals surface area contributed by atoms with Crippen molar-refractivity contribution in [2.45, 2.75) is 6.42 Å². The average molecular weight is 847 g/mol. The molecule has 8 aromatic carbocycles. The van der Waals surface area contributed by atoms with Gasteiger partial charge in [-0.25, -0.2) is 8.78 Å². The quantitative estimate of drug-likeness (QED) is 0.164. The average Bonchev–Trinajstić information content (AvgIpc) is 3.86. The molecule has 0 amide bonds. The summed E-state index contributed by atoms with van der Waals surface area (Å²) in [4.78, 5) is 0. The normalized spacial score (nSPS) is 11.6. The molecule has 55 heavy (non-hydrogen) atoms. The number of rotatable bonds is 2. The molecule has 0 radical (unpaired) electrons. The Morgan fingerprint density at radius 2 is 0.691 bits per heavy atom. The van der Waals surface area contributed by atoms with Gasteiger partial charge in [-0.1, -0.05) is 153 Å². The molecule has 2 heterocycles. The summed E-state index contributed by atoms with van der Waals surface area (Å²) in [5.74, 6) is -1.14. The fourth-order valence-corrected chi connectivity index (χ4v) is 8.72. The Kier molecular flexibility index (Phi) is 9.38.